The molecule has 0 bridgehead atoms. The first-order valence-corrected chi connectivity index (χ1v) is 10.2. The maximum absolute atomic E-state index is 12.6. The summed E-state index contributed by atoms with van der Waals surface area (Å²) in [5.74, 6) is 0.856. The van der Waals surface area contributed by atoms with Crippen molar-refractivity contribution in [1.82, 2.24) is 5.32 Å². The number of amides is 1. The zero-order chi connectivity index (χ0) is 19.2. The lowest BCUT2D eigenvalue weighted by Gasteiger charge is -2.17. The van der Waals surface area contributed by atoms with Crippen LogP contribution in [0.15, 0.2) is 77.7 Å². The molecular weight excluding hydrogens is 350 g/mol. The molecule has 3 rings (SSSR count). The molecule has 0 aliphatic carbocycles. The van der Waals surface area contributed by atoms with Gasteiger partial charge in [0.2, 0.25) is 0 Å². The van der Waals surface area contributed by atoms with E-state index in [0.717, 1.165) is 11.3 Å². The second-order valence-corrected chi connectivity index (χ2v) is 7.90. The molecule has 1 amide bonds. The molecule has 138 valence electrons. The summed E-state index contributed by atoms with van der Waals surface area (Å²) in [6.07, 6.45) is 0. The first-order chi connectivity index (χ1) is 13.0. The van der Waals surface area contributed by atoms with Crippen LogP contribution >= 0.6 is 11.8 Å². The van der Waals surface area contributed by atoms with Crippen molar-refractivity contribution in [2.75, 3.05) is 0 Å². The normalized spacial score (nSPS) is 11.8. The SMILES string of the molecule is Cc1ccc([C@H](C)NC(=O)c2ccc(CSc3ccccc3)cc2)c(C)c1. The minimum Gasteiger partial charge on any atom is -0.346 e. The standard InChI is InChI=1S/C24H25NOS/c1-17-9-14-23(18(2)15-17)19(3)25-24(26)21-12-10-20(11-13-21)16-27-22-7-5-4-6-8-22/h4-15,19H,16H2,1-3H3,(H,25,26)/t19-/m0/s1. The highest BCUT2D eigenvalue weighted by atomic mass is 32.2. The Morgan fingerprint density at radius 3 is 2.33 bits per heavy atom. The van der Waals surface area contributed by atoms with Crippen molar-refractivity contribution < 1.29 is 4.79 Å². The molecule has 0 radical (unpaired) electrons. The number of carbonyl (C=O) groups is 1. The average molecular weight is 376 g/mol. The van der Waals surface area contributed by atoms with E-state index in [1.807, 2.05) is 49.4 Å². The molecule has 0 unspecified atom stereocenters. The molecule has 0 spiro atoms. The third kappa shape index (κ3) is 5.24. The molecule has 0 aliphatic rings. The van der Waals surface area contributed by atoms with Gasteiger partial charge in [0.25, 0.3) is 5.91 Å². The van der Waals surface area contributed by atoms with Gasteiger partial charge >= 0.3 is 0 Å². The molecule has 3 heteroatoms. The van der Waals surface area contributed by atoms with Crippen LogP contribution in [0.2, 0.25) is 0 Å². The van der Waals surface area contributed by atoms with Crippen LogP contribution in [-0.4, -0.2) is 5.91 Å². The molecule has 27 heavy (non-hydrogen) atoms. The number of thioether (sulfide) groups is 1. The number of aryl methyl sites for hydroxylation is 2. The fourth-order valence-electron chi connectivity index (χ4n) is 3.10. The van der Waals surface area contributed by atoms with Crippen LogP contribution in [0.3, 0.4) is 0 Å². The summed E-state index contributed by atoms with van der Waals surface area (Å²) in [6.45, 7) is 6.20. The number of nitrogens with one attached hydrogen (secondary N) is 1. The Balaban J connectivity index is 1.60. The first-order valence-electron chi connectivity index (χ1n) is 9.18. The summed E-state index contributed by atoms with van der Waals surface area (Å²) in [5, 5.41) is 3.11. The van der Waals surface area contributed by atoms with Gasteiger partial charge in [0, 0.05) is 16.2 Å². The number of hydrogen-bond donors (Lipinski definition) is 1. The van der Waals surface area contributed by atoms with Crippen molar-refractivity contribution >= 4 is 17.7 Å². The summed E-state index contributed by atoms with van der Waals surface area (Å²) in [4.78, 5) is 13.8. The molecular formula is C24H25NOS. The summed E-state index contributed by atoms with van der Waals surface area (Å²) in [6, 6.07) is 24.5. The second kappa shape index (κ2) is 8.92. The van der Waals surface area contributed by atoms with E-state index in [1.165, 1.54) is 21.6 Å². The predicted molar refractivity (Wildman–Crippen MR) is 114 cm³/mol. The van der Waals surface area contributed by atoms with Crippen molar-refractivity contribution in [2.45, 2.75) is 37.5 Å². The van der Waals surface area contributed by atoms with E-state index in [2.05, 4.69) is 49.5 Å². The average Bonchev–Trinajstić information content (AvgIpc) is 2.67. The molecule has 2 nitrogen and oxygen atoms in total. The highest BCUT2D eigenvalue weighted by Gasteiger charge is 2.13. The molecule has 0 aliphatic heterocycles. The van der Waals surface area contributed by atoms with E-state index < -0.39 is 0 Å². The van der Waals surface area contributed by atoms with Crippen molar-refractivity contribution in [3.05, 3.63) is 101 Å². The fourth-order valence-corrected chi connectivity index (χ4v) is 3.98. The Morgan fingerprint density at radius 2 is 1.67 bits per heavy atom. The molecule has 1 N–H and O–H groups in total. The highest BCUT2D eigenvalue weighted by Crippen LogP contribution is 2.23. The zero-order valence-corrected chi connectivity index (χ0v) is 16.8. The van der Waals surface area contributed by atoms with Crippen LogP contribution in [0, 0.1) is 13.8 Å². The van der Waals surface area contributed by atoms with Crippen molar-refractivity contribution in [1.29, 1.82) is 0 Å². The number of rotatable bonds is 6. The maximum Gasteiger partial charge on any atom is 0.251 e. The number of benzene rings is 3. The lowest BCUT2D eigenvalue weighted by atomic mass is 10.00. The van der Waals surface area contributed by atoms with Gasteiger partial charge in [-0.3, -0.25) is 4.79 Å². The molecule has 0 saturated carbocycles. The van der Waals surface area contributed by atoms with Gasteiger partial charge in [-0.1, -0.05) is 54.1 Å². The highest BCUT2D eigenvalue weighted by molar-refractivity contribution is 7.98. The molecule has 0 saturated heterocycles. The Hall–Kier alpha value is -2.52. The van der Waals surface area contributed by atoms with Crippen molar-refractivity contribution in [3.63, 3.8) is 0 Å². The van der Waals surface area contributed by atoms with E-state index in [9.17, 15) is 4.79 Å². The number of carbonyl (C=O) groups excluding carboxylic acids is 1. The lowest BCUT2D eigenvalue weighted by molar-refractivity contribution is 0.0940. The smallest absolute Gasteiger partial charge is 0.251 e. The summed E-state index contributed by atoms with van der Waals surface area (Å²) in [7, 11) is 0. The van der Waals surface area contributed by atoms with Gasteiger partial charge in [0.15, 0.2) is 0 Å². The van der Waals surface area contributed by atoms with E-state index in [1.54, 1.807) is 11.8 Å². The third-order valence-electron chi connectivity index (χ3n) is 4.60. The Labute approximate surface area is 166 Å². The van der Waals surface area contributed by atoms with Crippen LogP contribution in [0.4, 0.5) is 0 Å². The van der Waals surface area contributed by atoms with Crippen LogP contribution in [0.1, 0.15) is 45.6 Å². The summed E-state index contributed by atoms with van der Waals surface area (Å²) >= 11 is 1.80. The van der Waals surface area contributed by atoms with Gasteiger partial charge in [-0.05, 0) is 61.7 Å². The molecule has 0 fully saturated rings. The topological polar surface area (TPSA) is 29.1 Å². The van der Waals surface area contributed by atoms with Gasteiger partial charge in [0.1, 0.15) is 0 Å². The van der Waals surface area contributed by atoms with Gasteiger partial charge in [0.05, 0.1) is 6.04 Å². The quantitative estimate of drug-likeness (QED) is 0.528. The molecule has 0 heterocycles. The molecule has 0 aromatic heterocycles. The largest absolute Gasteiger partial charge is 0.346 e. The van der Waals surface area contributed by atoms with Gasteiger partial charge < -0.3 is 5.32 Å². The van der Waals surface area contributed by atoms with Crippen molar-refractivity contribution in [3.8, 4) is 0 Å². The second-order valence-electron chi connectivity index (χ2n) is 6.85. The summed E-state index contributed by atoms with van der Waals surface area (Å²) in [5.41, 5.74) is 5.50. The number of hydrogen-bond acceptors (Lipinski definition) is 2. The van der Waals surface area contributed by atoms with Crippen molar-refractivity contribution in [2.24, 2.45) is 0 Å². The minimum atomic E-state index is -0.0373. The maximum atomic E-state index is 12.6. The van der Waals surface area contributed by atoms with Crippen LogP contribution in [0.5, 0.6) is 0 Å². The molecule has 1 atom stereocenters. The fraction of sp³-hybridized carbons (Fsp3) is 0.208. The monoisotopic (exact) mass is 375 g/mol. The van der Waals surface area contributed by atoms with Crippen LogP contribution in [-0.2, 0) is 5.75 Å². The van der Waals surface area contributed by atoms with Crippen LogP contribution in [0.25, 0.3) is 0 Å². The van der Waals surface area contributed by atoms with Crippen LogP contribution < -0.4 is 5.32 Å². The van der Waals surface area contributed by atoms with Gasteiger partial charge in [-0.25, -0.2) is 0 Å². The Morgan fingerprint density at radius 1 is 0.963 bits per heavy atom. The van der Waals surface area contributed by atoms with Gasteiger partial charge in [-0.2, -0.15) is 0 Å². The Kier molecular flexibility index (Phi) is 6.36. The molecule has 3 aromatic carbocycles. The molecule has 3 aromatic rings. The van der Waals surface area contributed by atoms with E-state index in [0.29, 0.717) is 5.56 Å². The Bertz CT molecular complexity index is 903. The van der Waals surface area contributed by atoms with E-state index in [4.69, 9.17) is 0 Å². The first kappa shape index (κ1) is 19.2. The zero-order valence-electron chi connectivity index (χ0n) is 16.0. The lowest BCUT2D eigenvalue weighted by Crippen LogP contribution is -2.27. The summed E-state index contributed by atoms with van der Waals surface area (Å²) < 4.78 is 0. The van der Waals surface area contributed by atoms with E-state index in [-0.39, 0.29) is 11.9 Å². The van der Waals surface area contributed by atoms with Gasteiger partial charge in [-0.15, -0.1) is 11.8 Å². The minimum absolute atomic E-state index is 0.0218. The predicted octanol–water partition coefficient (Wildman–Crippen LogP) is 6.09. The third-order valence-corrected chi connectivity index (χ3v) is 5.69. The van der Waals surface area contributed by atoms with E-state index >= 15 is 0 Å².